The number of phenols is 1. The normalized spacial score (nSPS) is 16.9. The molecule has 1 atom stereocenters. The summed E-state index contributed by atoms with van der Waals surface area (Å²) in [5.41, 5.74) is 0.995. The van der Waals surface area contributed by atoms with Gasteiger partial charge >= 0.3 is 0 Å². The maximum atomic E-state index is 13.3. The van der Waals surface area contributed by atoms with Crippen LogP contribution in [0.5, 0.6) is 5.75 Å². The predicted molar refractivity (Wildman–Crippen MR) is 106 cm³/mol. The maximum Gasteiger partial charge on any atom is 0.296 e. The molecule has 1 amide bonds. The first-order chi connectivity index (χ1) is 13.4. The van der Waals surface area contributed by atoms with E-state index in [0.717, 1.165) is 5.01 Å². The number of hydrogen-bond donors (Lipinski definition) is 2. The van der Waals surface area contributed by atoms with Gasteiger partial charge in [0.2, 0.25) is 5.78 Å². The van der Waals surface area contributed by atoms with Gasteiger partial charge in [0.1, 0.15) is 5.75 Å². The molecule has 0 spiro atoms. The van der Waals surface area contributed by atoms with Crippen LogP contribution in [0.4, 0.5) is 5.13 Å². The van der Waals surface area contributed by atoms with Crippen LogP contribution in [-0.4, -0.2) is 31.9 Å². The highest BCUT2D eigenvalue weighted by molar-refractivity contribution is 7.14. The second-order valence-corrected chi connectivity index (χ2v) is 8.30. The number of ketones is 1. The molecule has 142 valence electrons. The van der Waals surface area contributed by atoms with Crippen LogP contribution in [0.2, 0.25) is 0 Å². The average molecular weight is 413 g/mol. The fourth-order valence-corrected chi connectivity index (χ4v) is 4.78. The molecule has 9 heteroatoms. The van der Waals surface area contributed by atoms with E-state index >= 15 is 0 Å². The molecular formula is C19H15N3O4S2. The number of aryl methyl sites for hydroxylation is 2. The smallest absolute Gasteiger partial charge is 0.296 e. The zero-order chi connectivity index (χ0) is 20.0. The van der Waals surface area contributed by atoms with E-state index in [1.807, 2.05) is 0 Å². The third-order valence-corrected chi connectivity index (χ3v) is 6.22. The van der Waals surface area contributed by atoms with Crippen LogP contribution in [0, 0.1) is 13.8 Å². The average Bonchev–Trinajstić information content (AvgIpc) is 3.34. The Morgan fingerprint density at radius 3 is 2.64 bits per heavy atom. The van der Waals surface area contributed by atoms with Gasteiger partial charge in [0.25, 0.3) is 5.91 Å². The number of rotatable bonds is 4. The largest absolute Gasteiger partial charge is 0.508 e. The number of aliphatic hydroxyl groups excluding tert-OH is 1. The number of hydrogen-bond acceptors (Lipinski definition) is 8. The van der Waals surface area contributed by atoms with E-state index in [0.29, 0.717) is 21.3 Å². The fraction of sp³-hybridized carbons (Fsp3) is 0.158. The zero-order valence-corrected chi connectivity index (χ0v) is 16.5. The number of carbonyl (C=O) groups is 2. The van der Waals surface area contributed by atoms with Gasteiger partial charge in [0.15, 0.2) is 10.9 Å². The van der Waals surface area contributed by atoms with Crippen molar-refractivity contribution in [3.05, 3.63) is 68.3 Å². The van der Waals surface area contributed by atoms with Gasteiger partial charge in [-0.2, -0.15) is 0 Å². The number of anilines is 1. The first kappa shape index (κ1) is 18.3. The minimum atomic E-state index is -0.903. The third-order valence-electron chi connectivity index (χ3n) is 4.37. The summed E-state index contributed by atoms with van der Waals surface area (Å²) in [6.45, 7) is 3.50. The van der Waals surface area contributed by atoms with Gasteiger partial charge in [-0.15, -0.1) is 22.7 Å². The first-order valence-corrected chi connectivity index (χ1v) is 10.0. The van der Waals surface area contributed by atoms with E-state index in [-0.39, 0.29) is 11.3 Å². The zero-order valence-electron chi connectivity index (χ0n) is 14.9. The lowest BCUT2D eigenvalue weighted by atomic mass is 9.95. The SMILES string of the molecule is Cc1nc(C)c(C(=O)C2=C(O)C(=O)N(c3nccs3)C2c2cccc(O)c2)s1. The number of aromatic hydroxyl groups is 1. The highest BCUT2D eigenvalue weighted by Gasteiger charge is 2.46. The van der Waals surface area contributed by atoms with Crippen molar-refractivity contribution in [2.75, 3.05) is 4.90 Å². The Morgan fingerprint density at radius 2 is 2.04 bits per heavy atom. The highest BCUT2D eigenvalue weighted by Crippen LogP contribution is 2.43. The quantitative estimate of drug-likeness (QED) is 0.632. The summed E-state index contributed by atoms with van der Waals surface area (Å²) in [6, 6.07) is 5.37. The summed E-state index contributed by atoms with van der Waals surface area (Å²) in [7, 11) is 0. The molecule has 1 aromatic carbocycles. The molecule has 2 aromatic heterocycles. The predicted octanol–water partition coefficient (Wildman–Crippen LogP) is 3.70. The van der Waals surface area contributed by atoms with Crippen molar-refractivity contribution in [2.45, 2.75) is 19.9 Å². The maximum absolute atomic E-state index is 13.3. The minimum absolute atomic E-state index is 0.00737. The Bertz CT molecular complexity index is 1120. The van der Waals surface area contributed by atoms with E-state index < -0.39 is 23.5 Å². The van der Waals surface area contributed by atoms with Crippen LogP contribution in [-0.2, 0) is 4.79 Å². The Kier molecular flexibility index (Phi) is 4.48. The third kappa shape index (κ3) is 2.88. The van der Waals surface area contributed by atoms with E-state index in [9.17, 15) is 19.8 Å². The summed E-state index contributed by atoms with van der Waals surface area (Å²) in [4.78, 5) is 36.3. The van der Waals surface area contributed by atoms with Gasteiger partial charge in [-0.3, -0.25) is 14.5 Å². The Hall–Kier alpha value is -3.04. The molecule has 3 heterocycles. The number of aliphatic hydroxyl groups is 1. The Labute approximate surface area is 168 Å². The number of carbonyl (C=O) groups excluding carboxylic acids is 2. The summed E-state index contributed by atoms with van der Waals surface area (Å²) in [5.74, 6) is -1.78. The first-order valence-electron chi connectivity index (χ1n) is 8.32. The van der Waals surface area contributed by atoms with Crippen molar-refractivity contribution in [1.29, 1.82) is 0 Å². The number of thiazole rings is 2. The van der Waals surface area contributed by atoms with E-state index in [2.05, 4.69) is 9.97 Å². The van der Waals surface area contributed by atoms with Gasteiger partial charge in [-0.25, -0.2) is 9.97 Å². The summed E-state index contributed by atoms with van der Waals surface area (Å²) in [6.07, 6.45) is 1.54. The van der Waals surface area contributed by atoms with Crippen LogP contribution >= 0.6 is 22.7 Å². The summed E-state index contributed by atoms with van der Waals surface area (Å²) in [5, 5.41) is 23.3. The van der Waals surface area contributed by atoms with Crippen LogP contribution < -0.4 is 4.90 Å². The van der Waals surface area contributed by atoms with Crippen molar-refractivity contribution in [3.63, 3.8) is 0 Å². The van der Waals surface area contributed by atoms with E-state index in [4.69, 9.17) is 0 Å². The van der Waals surface area contributed by atoms with Crippen LogP contribution in [0.15, 0.2) is 47.2 Å². The molecule has 4 rings (SSSR count). The van der Waals surface area contributed by atoms with Crippen LogP contribution in [0.1, 0.15) is 32.0 Å². The highest BCUT2D eigenvalue weighted by atomic mass is 32.1. The molecule has 0 aliphatic carbocycles. The van der Waals surface area contributed by atoms with Crippen molar-refractivity contribution in [3.8, 4) is 5.75 Å². The standard InChI is InChI=1S/C19H15N3O4S2/c1-9-17(28-10(2)21-9)15(24)13-14(11-4-3-5-12(23)8-11)22(18(26)16(13)25)19-20-6-7-27-19/h3-8,14,23,25H,1-2H3. The molecule has 1 unspecified atom stereocenters. The number of phenolic OH excluding ortho intramolecular Hbond substituents is 1. The fourth-order valence-electron chi connectivity index (χ4n) is 3.24. The molecule has 0 bridgehead atoms. The second-order valence-electron chi connectivity index (χ2n) is 6.23. The second kappa shape index (κ2) is 6.84. The molecule has 0 saturated carbocycles. The number of aromatic nitrogens is 2. The molecule has 28 heavy (non-hydrogen) atoms. The van der Waals surface area contributed by atoms with Crippen molar-refractivity contribution in [2.24, 2.45) is 0 Å². The van der Waals surface area contributed by atoms with Gasteiger partial charge in [-0.1, -0.05) is 12.1 Å². The number of amides is 1. The molecule has 7 nitrogen and oxygen atoms in total. The number of Topliss-reactive ketones (excluding diaryl/α,β-unsaturated/α-hetero) is 1. The van der Waals surface area contributed by atoms with E-state index in [1.165, 1.54) is 39.7 Å². The van der Waals surface area contributed by atoms with Crippen molar-refractivity contribution < 1.29 is 19.8 Å². The summed E-state index contributed by atoms with van der Waals surface area (Å²) >= 11 is 2.43. The molecule has 1 aliphatic rings. The molecule has 2 N–H and O–H groups in total. The number of nitrogens with zero attached hydrogens (tertiary/aromatic N) is 3. The molecule has 0 radical (unpaired) electrons. The lowest BCUT2D eigenvalue weighted by Crippen LogP contribution is -2.30. The van der Waals surface area contributed by atoms with Crippen LogP contribution in [0.25, 0.3) is 0 Å². The molecular weight excluding hydrogens is 398 g/mol. The minimum Gasteiger partial charge on any atom is -0.508 e. The van der Waals surface area contributed by atoms with Crippen molar-refractivity contribution in [1.82, 2.24) is 9.97 Å². The Balaban J connectivity index is 1.90. The van der Waals surface area contributed by atoms with Gasteiger partial charge < -0.3 is 10.2 Å². The van der Waals surface area contributed by atoms with Gasteiger partial charge in [0.05, 0.1) is 27.2 Å². The van der Waals surface area contributed by atoms with Gasteiger partial charge in [-0.05, 0) is 31.5 Å². The summed E-state index contributed by atoms with van der Waals surface area (Å²) < 4.78 is 0. The van der Waals surface area contributed by atoms with Gasteiger partial charge in [0, 0.05) is 11.6 Å². The monoisotopic (exact) mass is 413 g/mol. The topological polar surface area (TPSA) is 104 Å². The molecule has 0 fully saturated rings. The molecule has 1 aliphatic heterocycles. The Morgan fingerprint density at radius 1 is 1.25 bits per heavy atom. The lowest BCUT2D eigenvalue weighted by Gasteiger charge is -2.24. The lowest BCUT2D eigenvalue weighted by molar-refractivity contribution is -0.117. The number of benzene rings is 1. The van der Waals surface area contributed by atoms with E-state index in [1.54, 1.807) is 37.6 Å². The van der Waals surface area contributed by atoms with Crippen LogP contribution in [0.3, 0.4) is 0 Å². The molecule has 0 saturated heterocycles. The molecule has 3 aromatic rings. The van der Waals surface area contributed by atoms with Crippen molar-refractivity contribution >= 4 is 39.5 Å².